The number of likely N-dealkylation sites (tertiary alicyclic amines) is 1. The van der Waals surface area contributed by atoms with Crippen LogP contribution in [-0.4, -0.2) is 55.1 Å². The van der Waals surface area contributed by atoms with E-state index in [-0.39, 0.29) is 13.2 Å². The topological polar surface area (TPSA) is 32.7 Å². The van der Waals surface area contributed by atoms with Crippen molar-refractivity contribution in [2.45, 2.75) is 37.9 Å². The molecule has 1 fully saturated rings. The third-order valence-corrected chi connectivity index (χ3v) is 2.96. The smallest absolute Gasteiger partial charge is 0.396 e. The SMILES string of the molecule is OCCC1CCCN1CCCOCC(F)(F)F. The van der Waals surface area contributed by atoms with E-state index < -0.39 is 12.8 Å². The van der Waals surface area contributed by atoms with Crippen molar-refractivity contribution < 1.29 is 23.0 Å². The fourth-order valence-electron chi connectivity index (χ4n) is 2.22. The van der Waals surface area contributed by atoms with Gasteiger partial charge < -0.3 is 14.7 Å². The van der Waals surface area contributed by atoms with Crippen molar-refractivity contribution in [3.05, 3.63) is 0 Å². The Morgan fingerprint density at radius 3 is 2.76 bits per heavy atom. The normalized spacial score (nSPS) is 22.2. The summed E-state index contributed by atoms with van der Waals surface area (Å²) in [5.74, 6) is 0. The van der Waals surface area contributed by atoms with Crippen molar-refractivity contribution in [1.82, 2.24) is 4.90 Å². The summed E-state index contributed by atoms with van der Waals surface area (Å²) in [6.07, 6.45) is -0.688. The van der Waals surface area contributed by atoms with E-state index in [9.17, 15) is 13.2 Å². The first-order chi connectivity index (χ1) is 8.03. The highest BCUT2D eigenvalue weighted by molar-refractivity contribution is 4.78. The Morgan fingerprint density at radius 1 is 1.35 bits per heavy atom. The van der Waals surface area contributed by atoms with Crippen LogP contribution in [0.5, 0.6) is 0 Å². The molecule has 1 aliphatic rings. The number of hydrogen-bond acceptors (Lipinski definition) is 3. The number of aliphatic hydroxyl groups is 1. The van der Waals surface area contributed by atoms with E-state index in [4.69, 9.17) is 5.11 Å². The van der Waals surface area contributed by atoms with Gasteiger partial charge in [0.15, 0.2) is 0 Å². The van der Waals surface area contributed by atoms with E-state index in [2.05, 4.69) is 9.64 Å². The summed E-state index contributed by atoms with van der Waals surface area (Å²) < 4.78 is 39.9. The van der Waals surface area contributed by atoms with Gasteiger partial charge in [-0.25, -0.2) is 0 Å². The van der Waals surface area contributed by atoms with Gasteiger partial charge in [0.05, 0.1) is 0 Å². The monoisotopic (exact) mass is 255 g/mol. The van der Waals surface area contributed by atoms with Gasteiger partial charge in [-0.1, -0.05) is 0 Å². The number of alkyl halides is 3. The average molecular weight is 255 g/mol. The molecule has 3 nitrogen and oxygen atoms in total. The summed E-state index contributed by atoms with van der Waals surface area (Å²) in [7, 11) is 0. The fourth-order valence-corrected chi connectivity index (χ4v) is 2.22. The molecule has 1 aliphatic heterocycles. The molecule has 1 heterocycles. The van der Waals surface area contributed by atoms with Gasteiger partial charge in [-0.05, 0) is 32.2 Å². The molecule has 0 aromatic heterocycles. The summed E-state index contributed by atoms with van der Waals surface area (Å²) in [4.78, 5) is 2.23. The molecule has 1 atom stereocenters. The Morgan fingerprint density at radius 2 is 2.12 bits per heavy atom. The van der Waals surface area contributed by atoms with Crippen molar-refractivity contribution in [3.8, 4) is 0 Å². The molecular weight excluding hydrogens is 235 g/mol. The molecule has 0 bridgehead atoms. The Bertz CT molecular complexity index is 211. The highest BCUT2D eigenvalue weighted by Crippen LogP contribution is 2.20. The van der Waals surface area contributed by atoms with Crippen molar-refractivity contribution in [1.29, 1.82) is 0 Å². The average Bonchev–Trinajstić information content (AvgIpc) is 2.64. The highest BCUT2D eigenvalue weighted by atomic mass is 19.4. The molecule has 1 unspecified atom stereocenters. The molecule has 1 rings (SSSR count). The zero-order valence-corrected chi connectivity index (χ0v) is 9.88. The van der Waals surface area contributed by atoms with E-state index in [1.54, 1.807) is 0 Å². The van der Waals surface area contributed by atoms with Crippen molar-refractivity contribution in [3.63, 3.8) is 0 Å². The predicted molar refractivity (Wildman–Crippen MR) is 57.8 cm³/mol. The van der Waals surface area contributed by atoms with Gasteiger partial charge in [0.25, 0.3) is 0 Å². The molecule has 0 aliphatic carbocycles. The Labute approximate surface area is 99.5 Å². The zero-order valence-electron chi connectivity index (χ0n) is 9.88. The van der Waals surface area contributed by atoms with Crippen LogP contribution in [0.4, 0.5) is 13.2 Å². The van der Waals surface area contributed by atoms with Crippen LogP contribution in [0.3, 0.4) is 0 Å². The minimum atomic E-state index is -4.23. The molecule has 1 saturated heterocycles. The van der Waals surface area contributed by atoms with E-state index in [1.807, 2.05) is 0 Å². The second kappa shape index (κ2) is 7.18. The van der Waals surface area contributed by atoms with Gasteiger partial charge in [-0.2, -0.15) is 13.2 Å². The van der Waals surface area contributed by atoms with Crippen molar-refractivity contribution in [2.24, 2.45) is 0 Å². The predicted octanol–water partition coefficient (Wildman–Crippen LogP) is 1.80. The van der Waals surface area contributed by atoms with Crippen LogP contribution < -0.4 is 0 Å². The lowest BCUT2D eigenvalue weighted by Gasteiger charge is -2.23. The molecule has 17 heavy (non-hydrogen) atoms. The van der Waals surface area contributed by atoms with Gasteiger partial charge in [-0.3, -0.25) is 0 Å². The second-order valence-electron chi connectivity index (χ2n) is 4.37. The van der Waals surface area contributed by atoms with Crippen LogP contribution in [0.2, 0.25) is 0 Å². The molecule has 6 heteroatoms. The summed E-state index contributed by atoms with van der Waals surface area (Å²) in [6, 6.07) is 0.391. The minimum Gasteiger partial charge on any atom is -0.396 e. The van der Waals surface area contributed by atoms with Crippen LogP contribution in [0.25, 0.3) is 0 Å². The summed E-state index contributed by atoms with van der Waals surface area (Å²) in [6.45, 7) is 0.882. The molecule has 0 saturated carbocycles. The molecule has 0 spiro atoms. The number of rotatable bonds is 7. The maximum Gasteiger partial charge on any atom is 0.411 e. The first-order valence-electron chi connectivity index (χ1n) is 6.02. The maximum atomic E-state index is 11.8. The lowest BCUT2D eigenvalue weighted by atomic mass is 10.1. The van der Waals surface area contributed by atoms with Crippen LogP contribution in [-0.2, 0) is 4.74 Å². The molecule has 1 N–H and O–H groups in total. The highest BCUT2D eigenvalue weighted by Gasteiger charge is 2.27. The first kappa shape index (κ1) is 14.7. The molecule has 0 aromatic rings. The Kier molecular flexibility index (Phi) is 6.22. The Balaban J connectivity index is 2.06. The van der Waals surface area contributed by atoms with Crippen LogP contribution in [0, 0.1) is 0 Å². The zero-order chi connectivity index (χ0) is 12.7. The van der Waals surface area contributed by atoms with Crippen LogP contribution in [0.1, 0.15) is 25.7 Å². The van der Waals surface area contributed by atoms with Crippen LogP contribution in [0.15, 0.2) is 0 Å². The standard InChI is InChI=1S/C11H20F3NO2/c12-11(13,14)9-17-8-2-6-15-5-1-3-10(15)4-7-16/h10,16H,1-9H2. The summed E-state index contributed by atoms with van der Waals surface area (Å²) >= 11 is 0. The van der Waals surface area contributed by atoms with Gasteiger partial charge in [0.2, 0.25) is 0 Å². The number of ether oxygens (including phenoxy) is 1. The molecular formula is C11H20F3NO2. The summed E-state index contributed by atoms with van der Waals surface area (Å²) in [5.41, 5.74) is 0. The summed E-state index contributed by atoms with van der Waals surface area (Å²) in [5, 5.41) is 8.87. The quantitative estimate of drug-likeness (QED) is 0.704. The lowest BCUT2D eigenvalue weighted by Crippen LogP contribution is -2.31. The number of hydrogen-bond donors (Lipinski definition) is 1. The molecule has 0 aromatic carbocycles. The van der Waals surface area contributed by atoms with Gasteiger partial charge in [0.1, 0.15) is 6.61 Å². The van der Waals surface area contributed by atoms with Gasteiger partial charge in [-0.15, -0.1) is 0 Å². The largest absolute Gasteiger partial charge is 0.411 e. The van der Waals surface area contributed by atoms with Crippen molar-refractivity contribution >= 4 is 0 Å². The fraction of sp³-hybridized carbons (Fsp3) is 1.00. The second-order valence-corrected chi connectivity index (χ2v) is 4.37. The lowest BCUT2D eigenvalue weighted by molar-refractivity contribution is -0.174. The van der Waals surface area contributed by atoms with E-state index in [0.717, 1.165) is 32.4 Å². The van der Waals surface area contributed by atoms with Gasteiger partial charge >= 0.3 is 6.18 Å². The number of aliphatic hydroxyl groups excluding tert-OH is 1. The first-order valence-corrected chi connectivity index (χ1v) is 6.02. The molecule has 0 radical (unpaired) electrons. The number of nitrogens with zero attached hydrogens (tertiary/aromatic N) is 1. The third-order valence-electron chi connectivity index (χ3n) is 2.96. The van der Waals surface area contributed by atoms with E-state index in [1.165, 1.54) is 0 Å². The maximum absolute atomic E-state index is 11.8. The van der Waals surface area contributed by atoms with E-state index in [0.29, 0.717) is 12.5 Å². The molecule has 102 valence electrons. The minimum absolute atomic E-state index is 0.141. The van der Waals surface area contributed by atoms with E-state index >= 15 is 0 Å². The van der Waals surface area contributed by atoms with Gasteiger partial charge in [0, 0.05) is 25.8 Å². The number of halogens is 3. The third kappa shape index (κ3) is 6.24. The molecule has 0 amide bonds. The van der Waals surface area contributed by atoms with Crippen molar-refractivity contribution in [2.75, 3.05) is 32.9 Å². The van der Waals surface area contributed by atoms with Crippen LogP contribution >= 0.6 is 0 Å². The Hall–Kier alpha value is -0.330.